The van der Waals surface area contributed by atoms with Crippen molar-refractivity contribution >= 4 is 11.9 Å². The van der Waals surface area contributed by atoms with Gasteiger partial charge in [0.25, 0.3) is 0 Å². The lowest BCUT2D eigenvalue weighted by Gasteiger charge is -2.09. The maximum absolute atomic E-state index is 12.6. The van der Waals surface area contributed by atoms with Crippen LogP contribution >= 0.6 is 0 Å². The maximum Gasteiger partial charge on any atom is 0.189 e. The van der Waals surface area contributed by atoms with E-state index in [0.29, 0.717) is 23.5 Å². The molecule has 0 atom stereocenters. The summed E-state index contributed by atoms with van der Waals surface area (Å²) in [5.41, 5.74) is 3.02. The minimum absolute atomic E-state index is 0.127. The topological polar surface area (TPSA) is 50.1 Å². The van der Waals surface area contributed by atoms with Gasteiger partial charge in [0.15, 0.2) is 5.78 Å². The molecule has 126 valence electrons. The van der Waals surface area contributed by atoms with Crippen molar-refractivity contribution in [2.45, 2.75) is 6.61 Å². The third-order valence-corrected chi connectivity index (χ3v) is 3.86. The van der Waals surface area contributed by atoms with E-state index in [0.717, 1.165) is 11.1 Å². The molecule has 0 heterocycles. The lowest BCUT2D eigenvalue weighted by Crippen LogP contribution is -2.02. The monoisotopic (exact) mass is 339 g/mol. The largest absolute Gasteiger partial charge is 0.488 e. The number of hydrogen-bond donors (Lipinski definition) is 0. The number of allylic oxidation sites excluding steroid dienone is 1. The molecule has 0 unspecified atom stereocenters. The molecule has 0 aliphatic heterocycles. The zero-order chi connectivity index (χ0) is 18.2. The smallest absolute Gasteiger partial charge is 0.189 e. The molecular weight excluding hydrogens is 322 g/mol. The van der Waals surface area contributed by atoms with Crippen LogP contribution in [0.5, 0.6) is 5.75 Å². The highest BCUT2D eigenvalue weighted by atomic mass is 16.5. The van der Waals surface area contributed by atoms with E-state index in [4.69, 9.17) is 10.00 Å². The van der Waals surface area contributed by atoms with Crippen molar-refractivity contribution in [3.63, 3.8) is 0 Å². The van der Waals surface area contributed by atoms with Gasteiger partial charge < -0.3 is 4.74 Å². The summed E-state index contributed by atoms with van der Waals surface area (Å²) in [6.07, 6.45) is 3.25. The quantitative estimate of drug-likeness (QED) is 0.467. The van der Waals surface area contributed by atoms with Crippen molar-refractivity contribution in [2.75, 3.05) is 0 Å². The molecule has 3 aromatic rings. The van der Waals surface area contributed by atoms with Crippen molar-refractivity contribution in [1.29, 1.82) is 5.26 Å². The van der Waals surface area contributed by atoms with Gasteiger partial charge in [-0.2, -0.15) is 5.26 Å². The average Bonchev–Trinajstić information content (AvgIpc) is 2.72. The maximum atomic E-state index is 12.6. The molecule has 26 heavy (non-hydrogen) atoms. The van der Waals surface area contributed by atoms with Gasteiger partial charge in [-0.1, -0.05) is 60.7 Å². The molecule has 0 bridgehead atoms. The number of ketones is 1. The summed E-state index contributed by atoms with van der Waals surface area (Å²) in [5, 5.41) is 8.82. The normalized spacial score (nSPS) is 10.4. The van der Waals surface area contributed by atoms with Gasteiger partial charge in [0, 0.05) is 0 Å². The van der Waals surface area contributed by atoms with Crippen LogP contribution in [0.25, 0.3) is 6.08 Å². The minimum atomic E-state index is -0.127. The lowest BCUT2D eigenvalue weighted by molar-refractivity contribution is 0.104. The number of para-hydroxylation sites is 1. The fraction of sp³-hybridized carbons (Fsp3) is 0.0435. The highest BCUT2D eigenvalue weighted by Crippen LogP contribution is 2.21. The van der Waals surface area contributed by atoms with Gasteiger partial charge >= 0.3 is 0 Å². The first-order valence-corrected chi connectivity index (χ1v) is 8.24. The third kappa shape index (κ3) is 4.46. The van der Waals surface area contributed by atoms with E-state index < -0.39 is 0 Å². The van der Waals surface area contributed by atoms with Crippen molar-refractivity contribution in [3.05, 3.63) is 107 Å². The van der Waals surface area contributed by atoms with Crippen LogP contribution in [0.4, 0.5) is 0 Å². The fourth-order valence-corrected chi connectivity index (χ4v) is 2.46. The number of ether oxygens (including phenoxy) is 1. The predicted molar refractivity (Wildman–Crippen MR) is 102 cm³/mol. The Labute approximate surface area is 152 Å². The molecule has 0 aromatic heterocycles. The molecule has 0 radical (unpaired) electrons. The van der Waals surface area contributed by atoms with Crippen LogP contribution in [0.2, 0.25) is 0 Å². The number of benzene rings is 3. The summed E-state index contributed by atoms with van der Waals surface area (Å²) in [6.45, 7) is 0.407. The molecule has 0 saturated heterocycles. The second kappa shape index (κ2) is 8.46. The molecule has 3 aromatic carbocycles. The van der Waals surface area contributed by atoms with Crippen LogP contribution in [0, 0.1) is 11.3 Å². The fourth-order valence-electron chi connectivity index (χ4n) is 2.46. The number of carbonyl (C=O) groups excluding carboxylic acids is 1. The van der Waals surface area contributed by atoms with Crippen LogP contribution in [0.3, 0.4) is 0 Å². The third-order valence-electron chi connectivity index (χ3n) is 3.86. The molecule has 0 amide bonds. The molecule has 0 saturated carbocycles. The zero-order valence-electron chi connectivity index (χ0n) is 14.1. The summed E-state index contributed by atoms with van der Waals surface area (Å²) in [7, 11) is 0. The summed E-state index contributed by atoms with van der Waals surface area (Å²) in [4.78, 5) is 12.6. The second-order valence-corrected chi connectivity index (χ2v) is 5.70. The number of nitriles is 1. The summed E-state index contributed by atoms with van der Waals surface area (Å²) >= 11 is 0. The molecular formula is C23H17NO2. The second-order valence-electron chi connectivity index (χ2n) is 5.70. The van der Waals surface area contributed by atoms with Crippen LogP contribution in [-0.2, 0) is 6.61 Å². The Morgan fingerprint density at radius 2 is 1.62 bits per heavy atom. The van der Waals surface area contributed by atoms with Gasteiger partial charge in [0.05, 0.1) is 17.2 Å². The van der Waals surface area contributed by atoms with E-state index in [9.17, 15) is 4.79 Å². The van der Waals surface area contributed by atoms with Crippen LogP contribution in [-0.4, -0.2) is 5.78 Å². The summed E-state index contributed by atoms with van der Waals surface area (Å²) < 4.78 is 5.84. The van der Waals surface area contributed by atoms with E-state index in [2.05, 4.69) is 6.07 Å². The molecule has 0 N–H and O–H groups in total. The van der Waals surface area contributed by atoms with Gasteiger partial charge in [-0.3, -0.25) is 4.79 Å². The zero-order valence-corrected chi connectivity index (χ0v) is 14.1. The standard InChI is InChI=1S/C23H17NO2/c24-16-19-12-10-18(11-13-19)14-15-22(25)21-8-4-5-9-23(21)26-17-20-6-2-1-3-7-20/h1-15H,17H2/b15-14+. The Morgan fingerprint density at radius 1 is 0.923 bits per heavy atom. The number of rotatable bonds is 6. The Balaban J connectivity index is 1.72. The van der Waals surface area contributed by atoms with Crippen LogP contribution < -0.4 is 4.74 Å². The van der Waals surface area contributed by atoms with Gasteiger partial charge in [0.2, 0.25) is 0 Å². The molecule has 0 aliphatic rings. The molecule has 0 fully saturated rings. The van der Waals surface area contributed by atoms with Crippen LogP contribution in [0.1, 0.15) is 27.0 Å². The highest BCUT2D eigenvalue weighted by molar-refractivity contribution is 6.08. The van der Waals surface area contributed by atoms with E-state index in [1.807, 2.05) is 42.5 Å². The Bertz CT molecular complexity index is 952. The first-order valence-electron chi connectivity index (χ1n) is 8.24. The Hall–Kier alpha value is -3.64. The number of carbonyl (C=O) groups is 1. The van der Waals surface area contributed by atoms with Crippen molar-refractivity contribution in [1.82, 2.24) is 0 Å². The van der Waals surface area contributed by atoms with E-state index in [-0.39, 0.29) is 5.78 Å². The van der Waals surface area contributed by atoms with E-state index >= 15 is 0 Å². The minimum Gasteiger partial charge on any atom is -0.488 e. The van der Waals surface area contributed by atoms with Gasteiger partial charge in [-0.05, 0) is 41.5 Å². The molecule has 0 spiro atoms. The van der Waals surface area contributed by atoms with E-state index in [1.54, 1.807) is 42.5 Å². The molecule has 3 rings (SSSR count). The SMILES string of the molecule is N#Cc1ccc(/C=C/C(=O)c2ccccc2OCc2ccccc2)cc1. The van der Waals surface area contributed by atoms with Crippen molar-refractivity contribution < 1.29 is 9.53 Å². The summed E-state index contributed by atoms with van der Waals surface area (Å²) in [6, 6.07) is 26.2. The van der Waals surface area contributed by atoms with Gasteiger partial charge in [-0.25, -0.2) is 0 Å². The molecule has 0 aliphatic carbocycles. The number of nitrogens with zero attached hydrogens (tertiary/aromatic N) is 1. The van der Waals surface area contributed by atoms with E-state index in [1.165, 1.54) is 6.08 Å². The number of hydrogen-bond acceptors (Lipinski definition) is 3. The first-order chi connectivity index (χ1) is 12.8. The average molecular weight is 339 g/mol. The van der Waals surface area contributed by atoms with Gasteiger partial charge in [0.1, 0.15) is 12.4 Å². The highest BCUT2D eigenvalue weighted by Gasteiger charge is 2.09. The lowest BCUT2D eigenvalue weighted by atomic mass is 10.1. The van der Waals surface area contributed by atoms with Gasteiger partial charge in [-0.15, -0.1) is 0 Å². The summed E-state index contributed by atoms with van der Waals surface area (Å²) in [5.74, 6) is 0.434. The first kappa shape index (κ1) is 17.2. The predicted octanol–water partition coefficient (Wildman–Crippen LogP) is 5.03. The van der Waals surface area contributed by atoms with Crippen molar-refractivity contribution in [3.8, 4) is 11.8 Å². The Kier molecular flexibility index (Phi) is 5.59. The molecule has 3 nitrogen and oxygen atoms in total. The van der Waals surface area contributed by atoms with Crippen molar-refractivity contribution in [2.24, 2.45) is 0 Å². The molecule has 3 heteroatoms. The Morgan fingerprint density at radius 3 is 2.35 bits per heavy atom. The van der Waals surface area contributed by atoms with Crippen LogP contribution in [0.15, 0.2) is 84.9 Å².